The monoisotopic (exact) mass is 492 g/mol. The van der Waals surface area contributed by atoms with E-state index in [1.807, 2.05) is 17.9 Å². The first-order valence-electron chi connectivity index (χ1n) is 12.3. The molecule has 34 heavy (non-hydrogen) atoms. The van der Waals surface area contributed by atoms with Gasteiger partial charge in [0.2, 0.25) is 0 Å². The van der Waals surface area contributed by atoms with Crippen LogP contribution in [0.15, 0.2) is 52.8 Å². The molecule has 1 aliphatic rings. The highest BCUT2D eigenvalue weighted by atomic mass is 35.5. The molecule has 0 saturated carbocycles. The van der Waals surface area contributed by atoms with Crippen molar-refractivity contribution in [3.05, 3.63) is 64.2 Å². The molecule has 1 heterocycles. The van der Waals surface area contributed by atoms with Crippen LogP contribution in [0.25, 0.3) is 0 Å². The van der Waals surface area contributed by atoms with E-state index in [4.69, 9.17) is 11.6 Å². The van der Waals surface area contributed by atoms with Crippen molar-refractivity contribution in [1.29, 1.82) is 0 Å². The minimum atomic E-state index is -0.287. The summed E-state index contributed by atoms with van der Waals surface area (Å²) < 4.78 is 13.6. The van der Waals surface area contributed by atoms with Crippen LogP contribution in [0.3, 0.4) is 0 Å². The molecule has 1 saturated heterocycles. The fourth-order valence-electron chi connectivity index (χ4n) is 3.61. The first-order chi connectivity index (χ1) is 16.1. The molecule has 0 aliphatic carbocycles. The van der Waals surface area contributed by atoms with E-state index in [1.54, 1.807) is 45.1 Å². The third kappa shape index (κ3) is 10.3. The van der Waals surface area contributed by atoms with Gasteiger partial charge in [-0.05, 0) is 81.7 Å². The molecule has 0 bridgehead atoms. The molecule has 0 spiro atoms. The number of aryl methyl sites for hydroxylation is 1. The minimum Gasteiger partial charge on any atom is -0.508 e. The van der Waals surface area contributed by atoms with E-state index in [1.165, 1.54) is 18.9 Å². The molecule has 2 rings (SSSR count). The summed E-state index contributed by atoms with van der Waals surface area (Å²) in [6.45, 7) is 13.3. The number of benzene rings is 1. The standard InChI is InChI=1S/C18H27FN2O.C10H15ClO/c1-4-15-7-5-13(2)9-10-21(12-15)18(22)20-16-8-6-14(3)17(19)11-16;1-4-6-7-9(11)8(3)10(12)5-2/h6,8,11,13,15H,4-5,7,9-10,12H2,1-3H3,(H,20,22);5-7,12H,4H2,1-3H3/b;7-6+,9-8+,10-5+. The lowest BCUT2D eigenvalue weighted by molar-refractivity contribution is 0.179. The maximum atomic E-state index is 13.6. The maximum Gasteiger partial charge on any atom is 0.321 e. The normalized spacial score (nSPS) is 20.1. The zero-order chi connectivity index (χ0) is 25.7. The van der Waals surface area contributed by atoms with Crippen LogP contribution in [0.4, 0.5) is 14.9 Å². The van der Waals surface area contributed by atoms with E-state index in [0.29, 0.717) is 33.7 Å². The van der Waals surface area contributed by atoms with E-state index < -0.39 is 0 Å². The number of urea groups is 1. The van der Waals surface area contributed by atoms with Gasteiger partial charge in [-0.25, -0.2) is 9.18 Å². The Bertz CT molecular complexity index is 879. The second-order valence-corrected chi connectivity index (χ2v) is 9.45. The van der Waals surface area contributed by atoms with Gasteiger partial charge in [-0.2, -0.15) is 0 Å². The summed E-state index contributed by atoms with van der Waals surface area (Å²) in [6, 6.07) is 4.71. The number of nitrogens with one attached hydrogen (secondary N) is 1. The SMILES string of the molecule is CCC1CCC(C)CCN(C(=O)Nc2ccc(C)c(F)c2)C1.C\C=C(O)/C(C)=C(Cl)\C=C\CC. The first-order valence-corrected chi connectivity index (χ1v) is 12.7. The number of nitrogens with zero attached hydrogens (tertiary/aromatic N) is 1. The first kappa shape index (κ1) is 29.8. The Hall–Kier alpha value is -2.27. The predicted molar refractivity (Wildman–Crippen MR) is 143 cm³/mol. The summed E-state index contributed by atoms with van der Waals surface area (Å²) in [5.41, 5.74) is 1.82. The number of hydrogen-bond donors (Lipinski definition) is 2. The lowest BCUT2D eigenvalue weighted by Gasteiger charge is -2.31. The average molecular weight is 493 g/mol. The number of likely N-dealkylation sites (tertiary alicyclic amines) is 1. The number of carbonyl (C=O) groups is 1. The van der Waals surface area contributed by atoms with Crippen LogP contribution < -0.4 is 5.32 Å². The van der Waals surface area contributed by atoms with Crippen LogP contribution >= 0.6 is 11.6 Å². The molecule has 1 fully saturated rings. The van der Waals surface area contributed by atoms with Crippen LogP contribution in [0.2, 0.25) is 0 Å². The highest BCUT2D eigenvalue weighted by molar-refractivity contribution is 6.31. The largest absolute Gasteiger partial charge is 0.508 e. The highest BCUT2D eigenvalue weighted by Crippen LogP contribution is 2.23. The van der Waals surface area contributed by atoms with E-state index in [-0.39, 0.29) is 17.6 Å². The van der Waals surface area contributed by atoms with Gasteiger partial charge in [0, 0.05) is 29.4 Å². The van der Waals surface area contributed by atoms with Crippen molar-refractivity contribution in [3.8, 4) is 0 Å². The number of aliphatic hydroxyl groups excluding tert-OH is 1. The molecule has 0 aromatic heterocycles. The molecule has 2 amide bonds. The smallest absolute Gasteiger partial charge is 0.321 e. The average Bonchev–Trinajstić information content (AvgIpc) is 2.82. The van der Waals surface area contributed by atoms with Crippen LogP contribution in [-0.2, 0) is 0 Å². The lowest BCUT2D eigenvalue weighted by Crippen LogP contribution is -2.40. The van der Waals surface area contributed by atoms with Gasteiger partial charge in [-0.1, -0.05) is 57.4 Å². The van der Waals surface area contributed by atoms with Crippen molar-refractivity contribution >= 4 is 23.3 Å². The molecule has 2 atom stereocenters. The summed E-state index contributed by atoms with van der Waals surface area (Å²) in [7, 11) is 0. The number of amides is 2. The number of hydrogen-bond acceptors (Lipinski definition) is 2. The maximum absolute atomic E-state index is 13.6. The minimum absolute atomic E-state index is 0.115. The molecule has 1 aliphatic heterocycles. The van der Waals surface area contributed by atoms with Gasteiger partial charge in [0.1, 0.15) is 11.6 Å². The third-order valence-corrected chi connectivity index (χ3v) is 6.65. The van der Waals surface area contributed by atoms with Gasteiger partial charge >= 0.3 is 6.03 Å². The van der Waals surface area contributed by atoms with Crippen LogP contribution in [0, 0.1) is 24.6 Å². The Kier molecular flexibility index (Phi) is 13.7. The summed E-state index contributed by atoms with van der Waals surface area (Å²) in [6.07, 6.45) is 10.9. The molecule has 1 aromatic carbocycles. The Balaban J connectivity index is 0.000000411. The van der Waals surface area contributed by atoms with Crippen LogP contribution in [0.5, 0.6) is 0 Å². The summed E-state index contributed by atoms with van der Waals surface area (Å²) >= 11 is 5.88. The molecule has 0 radical (unpaired) electrons. The summed E-state index contributed by atoms with van der Waals surface area (Å²) in [5, 5.41) is 12.7. The highest BCUT2D eigenvalue weighted by Gasteiger charge is 2.22. The summed E-state index contributed by atoms with van der Waals surface area (Å²) in [4.78, 5) is 14.4. The zero-order valence-electron chi connectivity index (χ0n) is 21.6. The molecule has 190 valence electrons. The lowest BCUT2D eigenvalue weighted by atomic mass is 9.90. The number of rotatable bonds is 5. The molecule has 1 aromatic rings. The fraction of sp³-hybridized carbons (Fsp3) is 0.536. The number of allylic oxidation sites excluding steroid dienone is 5. The molecule has 6 heteroatoms. The van der Waals surface area contributed by atoms with Gasteiger partial charge in [0.25, 0.3) is 0 Å². The Labute approximate surface area is 210 Å². The molecule has 2 unspecified atom stereocenters. The van der Waals surface area contributed by atoms with Gasteiger partial charge in [0.15, 0.2) is 0 Å². The topological polar surface area (TPSA) is 52.6 Å². The number of aliphatic hydroxyl groups is 1. The molecular weight excluding hydrogens is 451 g/mol. The quantitative estimate of drug-likeness (QED) is 0.319. The Morgan fingerprint density at radius 2 is 2.00 bits per heavy atom. The van der Waals surface area contributed by atoms with Gasteiger partial charge in [-0.3, -0.25) is 0 Å². The number of halogens is 2. The van der Waals surface area contributed by atoms with Gasteiger partial charge in [-0.15, -0.1) is 0 Å². The Morgan fingerprint density at radius 3 is 2.59 bits per heavy atom. The van der Waals surface area contributed by atoms with Crippen molar-refractivity contribution in [2.24, 2.45) is 11.8 Å². The number of anilines is 1. The summed E-state index contributed by atoms with van der Waals surface area (Å²) in [5.74, 6) is 1.16. The van der Waals surface area contributed by atoms with Crippen LogP contribution in [-0.4, -0.2) is 29.1 Å². The predicted octanol–water partition coefficient (Wildman–Crippen LogP) is 8.74. The number of carbonyl (C=O) groups excluding carboxylic acids is 1. The molecular formula is C28H42ClFN2O2. The molecule has 2 N–H and O–H groups in total. The van der Waals surface area contributed by atoms with Crippen molar-refractivity contribution in [2.75, 3.05) is 18.4 Å². The van der Waals surface area contributed by atoms with Gasteiger partial charge < -0.3 is 15.3 Å². The fourth-order valence-corrected chi connectivity index (χ4v) is 3.80. The van der Waals surface area contributed by atoms with E-state index in [9.17, 15) is 14.3 Å². The van der Waals surface area contributed by atoms with E-state index in [2.05, 4.69) is 19.2 Å². The third-order valence-electron chi connectivity index (χ3n) is 6.24. The van der Waals surface area contributed by atoms with Crippen molar-refractivity contribution in [2.45, 2.75) is 73.6 Å². The van der Waals surface area contributed by atoms with Crippen molar-refractivity contribution in [1.82, 2.24) is 4.90 Å². The van der Waals surface area contributed by atoms with E-state index >= 15 is 0 Å². The zero-order valence-corrected chi connectivity index (χ0v) is 22.4. The van der Waals surface area contributed by atoms with Crippen LogP contribution in [0.1, 0.15) is 72.3 Å². The second kappa shape index (κ2) is 15.6. The van der Waals surface area contributed by atoms with E-state index in [0.717, 1.165) is 32.4 Å². The second-order valence-electron chi connectivity index (χ2n) is 9.04. The van der Waals surface area contributed by atoms with Crippen molar-refractivity contribution < 1.29 is 14.3 Å². The van der Waals surface area contributed by atoms with Crippen molar-refractivity contribution in [3.63, 3.8) is 0 Å². The Morgan fingerprint density at radius 1 is 1.29 bits per heavy atom. The van der Waals surface area contributed by atoms with Gasteiger partial charge in [0.05, 0.1) is 0 Å². The molecule has 4 nitrogen and oxygen atoms in total.